The first-order chi connectivity index (χ1) is 15.6. The molecule has 3 aliphatic rings. The second-order valence-corrected chi connectivity index (χ2v) is 8.85. The average molecular weight is 464 g/mol. The van der Waals surface area contributed by atoms with E-state index in [9.17, 15) is 4.79 Å². The zero-order valence-corrected chi connectivity index (χ0v) is 19.3. The van der Waals surface area contributed by atoms with E-state index in [4.69, 9.17) is 26.1 Å². The van der Waals surface area contributed by atoms with E-state index in [1.165, 1.54) is 0 Å². The van der Waals surface area contributed by atoms with E-state index in [0.29, 0.717) is 32.4 Å². The molecule has 5 heterocycles. The molecule has 11 heteroatoms. The van der Waals surface area contributed by atoms with Crippen molar-refractivity contribution in [3.8, 4) is 0 Å². The van der Waals surface area contributed by atoms with Crippen LogP contribution >= 0.6 is 11.6 Å². The molecule has 174 valence electrons. The molecule has 0 saturated carbocycles. The van der Waals surface area contributed by atoms with E-state index in [-0.39, 0.29) is 17.8 Å². The van der Waals surface area contributed by atoms with Crippen LogP contribution in [0.5, 0.6) is 0 Å². The SMILES string of the molecule is CCn1c(CN2CCC(N3CCOCC3=O)CC2)nc2c(N3CCOCC3)nc(Cl)nc21. The third-order valence-electron chi connectivity index (χ3n) is 6.64. The maximum atomic E-state index is 12.2. The molecule has 0 spiro atoms. The summed E-state index contributed by atoms with van der Waals surface area (Å²) < 4.78 is 12.9. The van der Waals surface area contributed by atoms with Gasteiger partial charge < -0.3 is 23.8 Å². The molecule has 0 N–H and O–H groups in total. The van der Waals surface area contributed by atoms with Crippen LogP contribution in [0, 0.1) is 0 Å². The first-order valence-electron chi connectivity index (χ1n) is 11.5. The third-order valence-corrected chi connectivity index (χ3v) is 6.81. The van der Waals surface area contributed by atoms with E-state index in [2.05, 4.69) is 31.3 Å². The van der Waals surface area contributed by atoms with Gasteiger partial charge in [-0.3, -0.25) is 9.69 Å². The van der Waals surface area contributed by atoms with E-state index in [1.54, 1.807) is 0 Å². The highest BCUT2D eigenvalue weighted by atomic mass is 35.5. The largest absolute Gasteiger partial charge is 0.378 e. The van der Waals surface area contributed by atoms with Crippen molar-refractivity contribution in [1.29, 1.82) is 0 Å². The maximum Gasteiger partial charge on any atom is 0.248 e. The van der Waals surface area contributed by atoms with Crippen molar-refractivity contribution in [2.45, 2.75) is 38.9 Å². The van der Waals surface area contributed by atoms with Gasteiger partial charge in [0.15, 0.2) is 17.0 Å². The van der Waals surface area contributed by atoms with Crippen LogP contribution in [0.25, 0.3) is 11.2 Å². The molecule has 1 amide bonds. The van der Waals surface area contributed by atoms with Crippen LogP contribution in [0.4, 0.5) is 5.82 Å². The lowest BCUT2D eigenvalue weighted by Gasteiger charge is -2.40. The lowest BCUT2D eigenvalue weighted by atomic mass is 10.0. The van der Waals surface area contributed by atoms with Crippen LogP contribution < -0.4 is 4.90 Å². The van der Waals surface area contributed by atoms with Crippen LogP contribution in [0.1, 0.15) is 25.6 Å². The van der Waals surface area contributed by atoms with E-state index in [1.807, 2.05) is 4.90 Å². The number of hydrogen-bond donors (Lipinski definition) is 0. The van der Waals surface area contributed by atoms with Crippen molar-refractivity contribution in [3.63, 3.8) is 0 Å². The quantitative estimate of drug-likeness (QED) is 0.610. The number of halogens is 1. The normalized spacial score (nSPS) is 21.6. The Balaban J connectivity index is 1.34. The Labute approximate surface area is 192 Å². The summed E-state index contributed by atoms with van der Waals surface area (Å²) in [6.45, 7) is 9.93. The zero-order chi connectivity index (χ0) is 22.1. The fraction of sp³-hybridized carbons (Fsp3) is 0.714. The predicted octanol–water partition coefficient (Wildman–Crippen LogP) is 1.16. The number of morpholine rings is 2. The zero-order valence-electron chi connectivity index (χ0n) is 18.5. The Hall–Kier alpha value is -2.01. The molecule has 3 saturated heterocycles. The molecule has 2 aromatic rings. The number of aryl methyl sites for hydroxylation is 1. The fourth-order valence-electron chi connectivity index (χ4n) is 4.96. The minimum atomic E-state index is 0.119. The second kappa shape index (κ2) is 9.46. The number of likely N-dealkylation sites (tertiary alicyclic amines) is 1. The fourth-order valence-corrected chi connectivity index (χ4v) is 5.12. The van der Waals surface area contributed by atoms with Gasteiger partial charge >= 0.3 is 0 Å². The van der Waals surface area contributed by atoms with Gasteiger partial charge in [0.25, 0.3) is 0 Å². The summed E-state index contributed by atoms with van der Waals surface area (Å²) >= 11 is 6.30. The molecule has 0 aliphatic carbocycles. The first kappa shape index (κ1) is 21.8. The Bertz CT molecular complexity index is 970. The summed E-state index contributed by atoms with van der Waals surface area (Å²) in [4.78, 5) is 32.8. The Morgan fingerprint density at radius 1 is 1.00 bits per heavy atom. The van der Waals surface area contributed by atoms with Crippen molar-refractivity contribution in [3.05, 3.63) is 11.1 Å². The van der Waals surface area contributed by atoms with Gasteiger partial charge in [0.1, 0.15) is 12.4 Å². The van der Waals surface area contributed by atoms with Gasteiger partial charge in [0.2, 0.25) is 11.2 Å². The maximum absolute atomic E-state index is 12.2. The highest BCUT2D eigenvalue weighted by molar-refractivity contribution is 6.28. The molecular formula is C21H30ClN7O3. The summed E-state index contributed by atoms with van der Waals surface area (Å²) in [6, 6.07) is 0.310. The van der Waals surface area contributed by atoms with Gasteiger partial charge in [-0.25, -0.2) is 4.98 Å². The lowest BCUT2D eigenvalue weighted by Crippen LogP contribution is -2.51. The number of rotatable bonds is 5. The molecule has 2 aromatic heterocycles. The highest BCUT2D eigenvalue weighted by Crippen LogP contribution is 2.28. The van der Waals surface area contributed by atoms with Crippen LogP contribution in [0.3, 0.4) is 0 Å². The number of imidazole rings is 1. The van der Waals surface area contributed by atoms with Crippen molar-refractivity contribution in [2.75, 3.05) is 64.1 Å². The van der Waals surface area contributed by atoms with E-state index >= 15 is 0 Å². The second-order valence-electron chi connectivity index (χ2n) is 8.51. The van der Waals surface area contributed by atoms with E-state index in [0.717, 1.165) is 74.9 Å². The number of carbonyl (C=O) groups excluding carboxylic acids is 1. The van der Waals surface area contributed by atoms with Crippen molar-refractivity contribution < 1.29 is 14.3 Å². The number of fused-ring (bicyclic) bond motifs is 1. The van der Waals surface area contributed by atoms with Crippen molar-refractivity contribution >= 4 is 34.5 Å². The van der Waals surface area contributed by atoms with Gasteiger partial charge in [-0.2, -0.15) is 9.97 Å². The third kappa shape index (κ3) is 4.28. The number of amides is 1. The molecule has 0 unspecified atom stereocenters. The molecule has 32 heavy (non-hydrogen) atoms. The van der Waals surface area contributed by atoms with Crippen LogP contribution in [0.2, 0.25) is 5.28 Å². The number of carbonyl (C=O) groups is 1. The standard InChI is InChI=1S/C21H30ClN7O3/c1-2-28-16(13-26-5-3-15(4-6-26)29-9-12-32-14-17(29)30)23-18-19(24-21(22)25-20(18)28)27-7-10-31-11-8-27/h15H,2-14H2,1H3. The molecule has 3 fully saturated rings. The Morgan fingerprint density at radius 3 is 2.47 bits per heavy atom. The summed E-state index contributed by atoms with van der Waals surface area (Å²) in [5.41, 5.74) is 1.60. The number of anilines is 1. The van der Waals surface area contributed by atoms with Crippen LogP contribution in [-0.4, -0.2) is 100 Å². The summed E-state index contributed by atoms with van der Waals surface area (Å²) in [6.07, 6.45) is 1.95. The number of nitrogens with zero attached hydrogens (tertiary/aromatic N) is 7. The number of piperidine rings is 1. The number of hydrogen-bond acceptors (Lipinski definition) is 8. The van der Waals surface area contributed by atoms with Gasteiger partial charge in [0, 0.05) is 45.3 Å². The van der Waals surface area contributed by atoms with Crippen molar-refractivity contribution in [1.82, 2.24) is 29.3 Å². The Morgan fingerprint density at radius 2 is 1.75 bits per heavy atom. The van der Waals surface area contributed by atoms with Gasteiger partial charge in [-0.1, -0.05) is 0 Å². The minimum absolute atomic E-state index is 0.119. The number of ether oxygens (including phenoxy) is 2. The van der Waals surface area contributed by atoms with Crippen LogP contribution in [0.15, 0.2) is 0 Å². The summed E-state index contributed by atoms with van der Waals surface area (Å²) in [5, 5.41) is 0.246. The molecule has 0 atom stereocenters. The van der Waals surface area contributed by atoms with Crippen LogP contribution in [-0.2, 0) is 27.4 Å². The van der Waals surface area contributed by atoms with Gasteiger partial charge in [0.05, 0.1) is 26.4 Å². The molecule has 3 aliphatic heterocycles. The highest BCUT2D eigenvalue weighted by Gasteiger charge is 2.30. The van der Waals surface area contributed by atoms with Gasteiger partial charge in [-0.05, 0) is 31.4 Å². The van der Waals surface area contributed by atoms with E-state index < -0.39 is 0 Å². The predicted molar refractivity (Wildman–Crippen MR) is 120 cm³/mol. The minimum Gasteiger partial charge on any atom is -0.378 e. The smallest absolute Gasteiger partial charge is 0.248 e. The molecule has 10 nitrogen and oxygen atoms in total. The Kier molecular flexibility index (Phi) is 6.45. The summed E-state index contributed by atoms with van der Waals surface area (Å²) in [7, 11) is 0. The number of aromatic nitrogens is 4. The lowest BCUT2D eigenvalue weighted by molar-refractivity contribution is -0.146. The van der Waals surface area contributed by atoms with Gasteiger partial charge in [-0.15, -0.1) is 0 Å². The topological polar surface area (TPSA) is 88.9 Å². The monoisotopic (exact) mass is 463 g/mol. The summed E-state index contributed by atoms with van der Waals surface area (Å²) in [5.74, 6) is 1.89. The average Bonchev–Trinajstić information content (AvgIpc) is 3.16. The molecule has 0 aromatic carbocycles. The van der Waals surface area contributed by atoms with Crippen molar-refractivity contribution in [2.24, 2.45) is 0 Å². The first-order valence-corrected chi connectivity index (χ1v) is 11.9. The molecule has 0 radical (unpaired) electrons. The molecular weight excluding hydrogens is 434 g/mol. The molecule has 5 rings (SSSR count). The molecule has 0 bridgehead atoms.